The van der Waals surface area contributed by atoms with Crippen molar-refractivity contribution in [2.45, 2.75) is 38.0 Å². The zero-order chi connectivity index (χ0) is 19.2. The third kappa shape index (κ3) is 5.52. The number of halogens is 1. The lowest BCUT2D eigenvalue weighted by Crippen LogP contribution is -2.40. The number of nitrogens with one attached hydrogen (secondary N) is 2. The van der Waals surface area contributed by atoms with E-state index in [9.17, 15) is 14.7 Å². The summed E-state index contributed by atoms with van der Waals surface area (Å²) in [6.07, 6.45) is 3.61. The fourth-order valence-corrected chi connectivity index (χ4v) is 3.39. The molecule has 2 aromatic rings. The lowest BCUT2D eigenvalue weighted by molar-refractivity contribution is -0.125. The van der Waals surface area contributed by atoms with E-state index < -0.39 is 12.1 Å². The van der Waals surface area contributed by atoms with Crippen LogP contribution in [-0.4, -0.2) is 34.1 Å². The van der Waals surface area contributed by atoms with Crippen LogP contribution in [0.15, 0.2) is 48.8 Å². The number of nitrogens with zero attached hydrogens (tertiary/aromatic N) is 1. The van der Waals surface area contributed by atoms with Gasteiger partial charge in [0.2, 0.25) is 11.8 Å². The fraction of sp³-hybridized carbons (Fsp3) is 0.350. The summed E-state index contributed by atoms with van der Waals surface area (Å²) in [5.74, 6) is -0.623. The SMILES string of the molecule is O=C(Cc1ccc(Cl)cc1)N[C@@H]1C[C@H](C(=O)NCc2cccnc2)C[C@H]1O. The zero-order valence-electron chi connectivity index (χ0n) is 14.8. The number of hydrogen-bond acceptors (Lipinski definition) is 4. The van der Waals surface area contributed by atoms with E-state index in [1.807, 2.05) is 12.1 Å². The molecule has 27 heavy (non-hydrogen) atoms. The summed E-state index contributed by atoms with van der Waals surface area (Å²) < 4.78 is 0. The maximum absolute atomic E-state index is 12.4. The van der Waals surface area contributed by atoms with Gasteiger partial charge in [-0.05, 0) is 42.2 Å². The highest BCUT2D eigenvalue weighted by Gasteiger charge is 2.37. The van der Waals surface area contributed by atoms with E-state index >= 15 is 0 Å². The second-order valence-corrected chi connectivity index (χ2v) is 7.23. The summed E-state index contributed by atoms with van der Waals surface area (Å²) in [4.78, 5) is 28.6. The van der Waals surface area contributed by atoms with Crippen molar-refractivity contribution in [2.75, 3.05) is 0 Å². The van der Waals surface area contributed by atoms with Gasteiger partial charge < -0.3 is 15.7 Å². The fourth-order valence-electron chi connectivity index (χ4n) is 3.27. The van der Waals surface area contributed by atoms with Crippen LogP contribution in [0.4, 0.5) is 0 Å². The van der Waals surface area contributed by atoms with Gasteiger partial charge in [-0.3, -0.25) is 14.6 Å². The Morgan fingerprint density at radius 2 is 1.93 bits per heavy atom. The summed E-state index contributed by atoms with van der Waals surface area (Å²) >= 11 is 5.84. The number of pyridine rings is 1. The minimum Gasteiger partial charge on any atom is -0.391 e. The minimum atomic E-state index is -0.728. The highest BCUT2D eigenvalue weighted by atomic mass is 35.5. The molecule has 7 heteroatoms. The molecular weight excluding hydrogens is 366 g/mol. The van der Waals surface area contributed by atoms with Crippen LogP contribution in [0.2, 0.25) is 5.02 Å². The number of amides is 2. The quantitative estimate of drug-likeness (QED) is 0.705. The molecule has 1 aromatic heterocycles. The van der Waals surface area contributed by atoms with Gasteiger partial charge in [0, 0.05) is 29.9 Å². The number of rotatable bonds is 6. The molecule has 142 valence electrons. The summed E-state index contributed by atoms with van der Waals surface area (Å²) in [7, 11) is 0. The molecule has 1 fully saturated rings. The first-order valence-corrected chi connectivity index (χ1v) is 9.27. The van der Waals surface area contributed by atoms with Crippen molar-refractivity contribution in [1.82, 2.24) is 15.6 Å². The Labute approximate surface area is 163 Å². The number of aliphatic hydroxyl groups excluding tert-OH is 1. The standard InChI is InChI=1S/C20H22ClN3O3/c21-16-5-3-13(4-6-16)8-19(26)24-17-9-15(10-18(17)25)20(27)23-12-14-2-1-7-22-11-14/h1-7,11,15,17-18,25H,8-10,12H2,(H,23,27)(H,24,26)/t15-,17+,18+/m0/s1. The highest BCUT2D eigenvalue weighted by Crippen LogP contribution is 2.26. The molecule has 0 bridgehead atoms. The van der Waals surface area contributed by atoms with Crippen LogP contribution in [0.25, 0.3) is 0 Å². The first-order valence-electron chi connectivity index (χ1n) is 8.90. The van der Waals surface area contributed by atoms with Crippen molar-refractivity contribution < 1.29 is 14.7 Å². The van der Waals surface area contributed by atoms with Crippen LogP contribution < -0.4 is 10.6 Å². The number of aliphatic hydroxyl groups is 1. The predicted octanol–water partition coefficient (Wildman–Crippen LogP) is 1.85. The topological polar surface area (TPSA) is 91.3 Å². The van der Waals surface area contributed by atoms with Gasteiger partial charge in [-0.1, -0.05) is 29.8 Å². The third-order valence-corrected chi connectivity index (χ3v) is 4.97. The van der Waals surface area contributed by atoms with Gasteiger partial charge in [0.05, 0.1) is 18.6 Å². The molecule has 0 unspecified atom stereocenters. The van der Waals surface area contributed by atoms with Gasteiger partial charge in [-0.15, -0.1) is 0 Å². The van der Waals surface area contributed by atoms with Crippen molar-refractivity contribution in [3.8, 4) is 0 Å². The molecule has 1 aliphatic rings. The van der Waals surface area contributed by atoms with Gasteiger partial charge in [0.15, 0.2) is 0 Å². The zero-order valence-corrected chi connectivity index (χ0v) is 15.5. The van der Waals surface area contributed by atoms with Crippen molar-refractivity contribution >= 4 is 23.4 Å². The molecule has 0 saturated heterocycles. The molecule has 0 aliphatic heterocycles. The van der Waals surface area contributed by atoms with Gasteiger partial charge in [0.25, 0.3) is 0 Å². The van der Waals surface area contributed by atoms with Crippen LogP contribution in [0.3, 0.4) is 0 Å². The normalized spacial score (nSPS) is 21.6. The average Bonchev–Trinajstić information content (AvgIpc) is 3.03. The lowest BCUT2D eigenvalue weighted by Gasteiger charge is -2.16. The Bertz CT molecular complexity index is 783. The van der Waals surface area contributed by atoms with Gasteiger partial charge in [-0.25, -0.2) is 0 Å². The number of hydrogen-bond donors (Lipinski definition) is 3. The van der Waals surface area contributed by atoms with E-state index in [1.54, 1.807) is 36.7 Å². The Hall–Kier alpha value is -2.44. The maximum atomic E-state index is 12.4. The molecule has 1 heterocycles. The smallest absolute Gasteiger partial charge is 0.224 e. The van der Waals surface area contributed by atoms with Gasteiger partial charge >= 0.3 is 0 Å². The van der Waals surface area contributed by atoms with Gasteiger partial charge in [0.1, 0.15) is 0 Å². The lowest BCUT2D eigenvalue weighted by atomic mass is 10.1. The van der Waals surface area contributed by atoms with Crippen LogP contribution in [0, 0.1) is 5.92 Å². The Balaban J connectivity index is 1.47. The van der Waals surface area contributed by atoms with E-state index in [-0.39, 0.29) is 24.2 Å². The number of benzene rings is 1. The van der Waals surface area contributed by atoms with E-state index in [4.69, 9.17) is 11.6 Å². The number of aromatic nitrogens is 1. The largest absolute Gasteiger partial charge is 0.391 e. The van der Waals surface area contributed by atoms with E-state index in [0.29, 0.717) is 24.4 Å². The maximum Gasteiger partial charge on any atom is 0.224 e. The molecule has 6 nitrogen and oxygen atoms in total. The Morgan fingerprint density at radius 1 is 1.15 bits per heavy atom. The molecule has 3 atom stereocenters. The summed E-state index contributed by atoms with van der Waals surface area (Å²) in [5.41, 5.74) is 1.76. The second-order valence-electron chi connectivity index (χ2n) is 6.79. The van der Waals surface area contributed by atoms with Crippen molar-refractivity contribution in [3.63, 3.8) is 0 Å². The summed E-state index contributed by atoms with van der Waals surface area (Å²) in [5, 5.41) is 16.5. The minimum absolute atomic E-state index is 0.118. The first kappa shape index (κ1) is 19.3. The molecule has 1 saturated carbocycles. The molecule has 0 spiro atoms. The van der Waals surface area contributed by atoms with Crippen LogP contribution >= 0.6 is 11.6 Å². The molecule has 0 radical (unpaired) electrons. The number of carbonyl (C=O) groups excluding carboxylic acids is 2. The molecule has 2 amide bonds. The van der Waals surface area contributed by atoms with Crippen LogP contribution in [0.5, 0.6) is 0 Å². The van der Waals surface area contributed by atoms with E-state index in [0.717, 1.165) is 11.1 Å². The van der Waals surface area contributed by atoms with Crippen LogP contribution in [0.1, 0.15) is 24.0 Å². The summed E-state index contributed by atoms with van der Waals surface area (Å²) in [6, 6.07) is 10.3. The second kappa shape index (κ2) is 8.97. The molecular formula is C20H22ClN3O3. The molecule has 3 rings (SSSR count). The third-order valence-electron chi connectivity index (χ3n) is 4.71. The Kier molecular flexibility index (Phi) is 6.42. The van der Waals surface area contributed by atoms with Crippen LogP contribution in [-0.2, 0) is 22.6 Å². The van der Waals surface area contributed by atoms with Crippen molar-refractivity contribution in [1.29, 1.82) is 0 Å². The average molecular weight is 388 g/mol. The van der Waals surface area contributed by atoms with E-state index in [1.165, 1.54) is 0 Å². The van der Waals surface area contributed by atoms with Gasteiger partial charge in [-0.2, -0.15) is 0 Å². The molecule has 1 aliphatic carbocycles. The Morgan fingerprint density at radius 3 is 2.63 bits per heavy atom. The monoisotopic (exact) mass is 387 g/mol. The number of carbonyl (C=O) groups is 2. The molecule has 1 aromatic carbocycles. The highest BCUT2D eigenvalue weighted by molar-refractivity contribution is 6.30. The summed E-state index contributed by atoms with van der Waals surface area (Å²) in [6.45, 7) is 0.396. The van der Waals surface area contributed by atoms with Crippen molar-refractivity contribution in [3.05, 3.63) is 64.9 Å². The van der Waals surface area contributed by atoms with E-state index in [2.05, 4.69) is 15.6 Å². The van der Waals surface area contributed by atoms with Crippen molar-refractivity contribution in [2.24, 2.45) is 5.92 Å². The predicted molar refractivity (Wildman–Crippen MR) is 102 cm³/mol. The molecule has 3 N–H and O–H groups in total. The first-order chi connectivity index (χ1) is 13.0.